The molecule has 0 spiro atoms. The van der Waals surface area contributed by atoms with Crippen LogP contribution in [0.1, 0.15) is 57.1 Å². The van der Waals surface area contributed by atoms with E-state index in [1.54, 1.807) is 61.5 Å². The van der Waals surface area contributed by atoms with Gasteiger partial charge in [-0.1, -0.05) is 79.4 Å². The number of nitrogens with zero attached hydrogens (tertiary/aromatic N) is 2. The first-order chi connectivity index (χ1) is 20.6. The van der Waals surface area contributed by atoms with Crippen LogP contribution in [0.25, 0.3) is 0 Å². The second kappa shape index (κ2) is 14.8. The first-order valence-electron chi connectivity index (χ1n) is 14.8. The molecule has 1 saturated carbocycles. The van der Waals surface area contributed by atoms with Gasteiger partial charge in [0.1, 0.15) is 18.3 Å². The van der Waals surface area contributed by atoms with Crippen molar-refractivity contribution in [3.8, 4) is 5.75 Å². The SMILES string of the molecule is CCOc1ccccc1N(CC(=O)N(Cc1ccccc1Cl)[C@H](CC)C(=O)NC1CCCC1)S(=O)(=O)c1ccc(C)cc1. The molecule has 8 nitrogen and oxygen atoms in total. The van der Waals surface area contributed by atoms with Gasteiger partial charge in [0, 0.05) is 17.6 Å². The maximum absolute atomic E-state index is 14.3. The molecule has 0 heterocycles. The predicted octanol–water partition coefficient (Wildman–Crippen LogP) is 6.11. The van der Waals surface area contributed by atoms with E-state index in [2.05, 4.69) is 5.32 Å². The summed E-state index contributed by atoms with van der Waals surface area (Å²) >= 11 is 6.50. The molecule has 0 aromatic heterocycles. The normalized spacial score (nSPS) is 14.2. The summed E-state index contributed by atoms with van der Waals surface area (Å²) in [5, 5.41) is 3.58. The number of halogens is 1. The molecular formula is C33H40ClN3O5S. The lowest BCUT2D eigenvalue weighted by molar-refractivity contribution is -0.140. The molecule has 0 aliphatic heterocycles. The van der Waals surface area contributed by atoms with Gasteiger partial charge < -0.3 is 15.0 Å². The van der Waals surface area contributed by atoms with E-state index in [0.29, 0.717) is 29.4 Å². The van der Waals surface area contributed by atoms with Crippen LogP contribution in [0.5, 0.6) is 5.75 Å². The highest BCUT2D eigenvalue weighted by Crippen LogP contribution is 2.33. The van der Waals surface area contributed by atoms with Crippen molar-refractivity contribution in [3.05, 3.63) is 88.9 Å². The molecule has 0 saturated heterocycles. The summed E-state index contributed by atoms with van der Waals surface area (Å²) in [4.78, 5) is 29.4. The Hall–Kier alpha value is -3.56. The Kier molecular flexibility index (Phi) is 11.1. The van der Waals surface area contributed by atoms with Crippen LogP contribution in [-0.2, 0) is 26.2 Å². The molecule has 10 heteroatoms. The van der Waals surface area contributed by atoms with Crippen molar-refractivity contribution in [2.45, 2.75) is 76.4 Å². The molecule has 1 atom stereocenters. The summed E-state index contributed by atoms with van der Waals surface area (Å²) in [6, 6.07) is 19.6. The summed E-state index contributed by atoms with van der Waals surface area (Å²) in [6.07, 6.45) is 4.24. The minimum Gasteiger partial charge on any atom is -0.492 e. The second-order valence-corrected chi connectivity index (χ2v) is 13.0. The zero-order valence-corrected chi connectivity index (χ0v) is 26.5. The fourth-order valence-electron chi connectivity index (χ4n) is 5.39. The number of hydrogen-bond acceptors (Lipinski definition) is 5. The third kappa shape index (κ3) is 7.89. The molecular weight excluding hydrogens is 586 g/mol. The number of hydrogen-bond donors (Lipinski definition) is 1. The van der Waals surface area contributed by atoms with Gasteiger partial charge in [0.25, 0.3) is 10.0 Å². The Balaban J connectivity index is 1.76. The first kappa shape index (κ1) is 32.4. The molecule has 2 amide bonds. The number of carbonyl (C=O) groups is 2. The van der Waals surface area contributed by atoms with E-state index in [9.17, 15) is 18.0 Å². The molecule has 3 aromatic carbocycles. The zero-order chi connectivity index (χ0) is 31.0. The van der Waals surface area contributed by atoms with Crippen LogP contribution in [0.4, 0.5) is 5.69 Å². The van der Waals surface area contributed by atoms with Crippen LogP contribution in [0.2, 0.25) is 5.02 Å². The van der Waals surface area contributed by atoms with Crippen molar-refractivity contribution in [1.82, 2.24) is 10.2 Å². The lowest BCUT2D eigenvalue weighted by Gasteiger charge is -2.34. The van der Waals surface area contributed by atoms with Crippen molar-refractivity contribution < 1.29 is 22.7 Å². The fourth-order valence-corrected chi connectivity index (χ4v) is 7.01. The summed E-state index contributed by atoms with van der Waals surface area (Å²) < 4.78 is 35.2. The lowest BCUT2D eigenvalue weighted by atomic mass is 10.1. The highest BCUT2D eigenvalue weighted by molar-refractivity contribution is 7.92. The standard InChI is InChI=1S/C33H40ClN3O5S/c1-4-29(33(39)35-26-13-7-8-14-26)36(22-25-12-6-9-15-28(25)34)32(38)23-37(30-16-10-11-17-31(30)42-5-2)43(40,41)27-20-18-24(3)19-21-27/h6,9-12,15-21,26,29H,4-5,7-8,13-14,22-23H2,1-3H3,(H,35,39)/t29-/m1/s1. The van der Waals surface area contributed by atoms with Gasteiger partial charge in [-0.05, 0) is 69.0 Å². The number of sulfonamides is 1. The largest absolute Gasteiger partial charge is 0.492 e. The predicted molar refractivity (Wildman–Crippen MR) is 170 cm³/mol. The molecule has 4 rings (SSSR count). The Labute approximate surface area is 260 Å². The van der Waals surface area contributed by atoms with Gasteiger partial charge in [-0.15, -0.1) is 0 Å². The maximum Gasteiger partial charge on any atom is 0.264 e. The van der Waals surface area contributed by atoms with E-state index in [-0.39, 0.29) is 29.1 Å². The molecule has 1 aliphatic carbocycles. The van der Waals surface area contributed by atoms with Gasteiger partial charge in [-0.25, -0.2) is 8.42 Å². The first-order valence-corrected chi connectivity index (χ1v) is 16.6. The molecule has 3 aromatic rings. The van der Waals surface area contributed by atoms with Gasteiger partial charge in [0.15, 0.2) is 0 Å². The molecule has 0 radical (unpaired) electrons. The van der Waals surface area contributed by atoms with Crippen LogP contribution in [0, 0.1) is 6.92 Å². The van der Waals surface area contributed by atoms with Crippen molar-refractivity contribution in [3.63, 3.8) is 0 Å². The van der Waals surface area contributed by atoms with Gasteiger partial charge >= 0.3 is 0 Å². The number of nitrogens with one attached hydrogen (secondary N) is 1. The van der Waals surface area contributed by atoms with E-state index in [1.807, 2.05) is 19.9 Å². The lowest BCUT2D eigenvalue weighted by Crippen LogP contribution is -2.53. The number of amides is 2. The van der Waals surface area contributed by atoms with Crippen LogP contribution in [0.3, 0.4) is 0 Å². The summed E-state index contributed by atoms with van der Waals surface area (Å²) in [7, 11) is -4.21. The monoisotopic (exact) mass is 625 g/mol. The molecule has 0 unspecified atom stereocenters. The van der Waals surface area contributed by atoms with E-state index >= 15 is 0 Å². The van der Waals surface area contributed by atoms with Gasteiger partial charge in [-0.2, -0.15) is 0 Å². The van der Waals surface area contributed by atoms with Crippen molar-refractivity contribution in [1.29, 1.82) is 0 Å². The molecule has 1 aliphatic rings. The smallest absolute Gasteiger partial charge is 0.264 e. The van der Waals surface area contributed by atoms with Crippen LogP contribution in [0.15, 0.2) is 77.7 Å². The van der Waals surface area contributed by atoms with Crippen molar-refractivity contribution in [2.24, 2.45) is 0 Å². The number of rotatable bonds is 13. The summed E-state index contributed by atoms with van der Waals surface area (Å²) in [6.45, 7) is 5.33. The Morgan fingerprint density at radius 3 is 2.28 bits per heavy atom. The minimum atomic E-state index is -4.21. The number of anilines is 1. The van der Waals surface area contributed by atoms with Crippen LogP contribution >= 0.6 is 11.6 Å². The number of benzene rings is 3. The quantitative estimate of drug-likeness (QED) is 0.247. The second-order valence-electron chi connectivity index (χ2n) is 10.8. The molecule has 43 heavy (non-hydrogen) atoms. The summed E-state index contributed by atoms with van der Waals surface area (Å²) in [5.41, 5.74) is 1.80. The van der Waals surface area contributed by atoms with Crippen molar-refractivity contribution >= 4 is 39.1 Å². The van der Waals surface area contributed by atoms with Crippen molar-refractivity contribution in [2.75, 3.05) is 17.5 Å². The van der Waals surface area contributed by atoms with Crippen LogP contribution < -0.4 is 14.4 Å². The molecule has 230 valence electrons. The highest BCUT2D eigenvalue weighted by Gasteiger charge is 2.35. The third-order valence-electron chi connectivity index (χ3n) is 7.71. The average Bonchev–Trinajstić information content (AvgIpc) is 3.50. The summed E-state index contributed by atoms with van der Waals surface area (Å²) in [5.74, 6) is -0.454. The number of carbonyl (C=O) groups excluding carboxylic acids is 2. The zero-order valence-electron chi connectivity index (χ0n) is 25.0. The maximum atomic E-state index is 14.3. The fraction of sp³-hybridized carbons (Fsp3) is 0.394. The van der Waals surface area contributed by atoms with E-state index in [4.69, 9.17) is 16.3 Å². The molecule has 1 fully saturated rings. The third-order valence-corrected chi connectivity index (χ3v) is 9.85. The Morgan fingerprint density at radius 1 is 0.977 bits per heavy atom. The Morgan fingerprint density at radius 2 is 1.63 bits per heavy atom. The Bertz CT molecular complexity index is 1510. The highest BCUT2D eigenvalue weighted by atomic mass is 35.5. The topological polar surface area (TPSA) is 96.0 Å². The number of para-hydroxylation sites is 2. The van der Waals surface area contributed by atoms with E-state index in [1.165, 1.54) is 17.0 Å². The van der Waals surface area contributed by atoms with Gasteiger partial charge in [-0.3, -0.25) is 13.9 Å². The molecule has 0 bridgehead atoms. The van der Waals surface area contributed by atoms with Crippen LogP contribution in [-0.4, -0.2) is 50.4 Å². The van der Waals surface area contributed by atoms with Gasteiger partial charge in [0.05, 0.1) is 17.2 Å². The average molecular weight is 626 g/mol. The number of aryl methyl sites for hydroxylation is 1. The van der Waals surface area contributed by atoms with E-state index < -0.39 is 28.5 Å². The molecule has 1 N–H and O–H groups in total. The van der Waals surface area contributed by atoms with Gasteiger partial charge in [0.2, 0.25) is 11.8 Å². The number of ether oxygens (including phenoxy) is 1. The minimum absolute atomic E-state index is 0.0423. The van der Waals surface area contributed by atoms with E-state index in [0.717, 1.165) is 35.6 Å².